The average molecular weight is 415 g/mol. The number of carbonyl (C=O) groups is 2. The summed E-state index contributed by atoms with van der Waals surface area (Å²) in [7, 11) is 1.64. The van der Waals surface area contributed by atoms with E-state index in [1.54, 1.807) is 36.3 Å². The maximum absolute atomic E-state index is 12.4. The Morgan fingerprint density at radius 1 is 1.30 bits per heavy atom. The highest BCUT2D eigenvalue weighted by molar-refractivity contribution is 6.35. The Morgan fingerprint density at radius 3 is 2.70 bits per heavy atom. The van der Waals surface area contributed by atoms with Crippen LogP contribution in [0, 0.1) is 0 Å². The molecule has 1 fully saturated rings. The minimum Gasteiger partial charge on any atom is -0.385 e. The molecule has 0 unspecified atom stereocenters. The number of rotatable bonds is 8. The van der Waals surface area contributed by atoms with Gasteiger partial charge in [-0.2, -0.15) is 0 Å². The van der Waals surface area contributed by atoms with Gasteiger partial charge in [0.1, 0.15) is 0 Å². The molecule has 2 rings (SSSR count). The van der Waals surface area contributed by atoms with Gasteiger partial charge in [0.25, 0.3) is 5.91 Å². The quantitative estimate of drug-likeness (QED) is 0.490. The summed E-state index contributed by atoms with van der Waals surface area (Å²) >= 11 is 12.0. The summed E-state index contributed by atoms with van der Waals surface area (Å²) in [4.78, 5) is 27.2. The molecule has 0 saturated carbocycles. The number of nitrogens with one attached hydrogen (secondary N) is 2. The Bertz CT molecular complexity index is 674. The maximum Gasteiger partial charge on any atom is 0.275 e. The number of halogens is 2. The molecule has 0 bridgehead atoms. The zero-order valence-corrected chi connectivity index (χ0v) is 17.0. The summed E-state index contributed by atoms with van der Waals surface area (Å²) in [6.07, 6.45) is 4.04. The molecular weight excluding hydrogens is 389 g/mol. The van der Waals surface area contributed by atoms with Crippen LogP contribution in [0.4, 0.5) is 0 Å². The number of nitrogens with zero attached hydrogens (tertiary/aromatic N) is 1. The van der Waals surface area contributed by atoms with Gasteiger partial charge in [0.15, 0.2) is 6.54 Å². The highest BCUT2D eigenvalue weighted by Crippen LogP contribution is 2.22. The number of hydrogen-bond acceptors (Lipinski definition) is 3. The van der Waals surface area contributed by atoms with Crippen molar-refractivity contribution in [2.24, 2.45) is 0 Å². The number of carbonyl (C=O) groups excluding carboxylic acids is 2. The molecule has 1 heterocycles. The smallest absolute Gasteiger partial charge is 0.275 e. The van der Waals surface area contributed by atoms with Crippen LogP contribution in [0.25, 0.3) is 6.08 Å². The van der Waals surface area contributed by atoms with Crippen LogP contribution in [0.2, 0.25) is 10.0 Å². The van der Waals surface area contributed by atoms with Crippen molar-refractivity contribution < 1.29 is 19.2 Å². The van der Waals surface area contributed by atoms with E-state index in [9.17, 15) is 9.59 Å². The molecule has 27 heavy (non-hydrogen) atoms. The van der Waals surface area contributed by atoms with Gasteiger partial charge in [-0.1, -0.05) is 29.3 Å². The SMILES string of the molecule is COCCCNC(=O)C[NH+]1CCN(C(=O)/C=C/c2ccc(Cl)cc2Cl)CC1. The van der Waals surface area contributed by atoms with Crippen molar-refractivity contribution in [3.8, 4) is 0 Å². The van der Waals surface area contributed by atoms with Crippen LogP contribution in [0.5, 0.6) is 0 Å². The number of hydrogen-bond donors (Lipinski definition) is 2. The van der Waals surface area contributed by atoms with Gasteiger partial charge in [-0.25, -0.2) is 0 Å². The standard InChI is InChI=1S/C19H25Cl2N3O3/c1-27-12-2-7-22-18(25)14-23-8-10-24(11-9-23)19(26)6-4-15-3-5-16(20)13-17(15)21/h3-6,13H,2,7-12,14H2,1H3,(H,22,25)/p+1/b6-4+. The van der Waals surface area contributed by atoms with E-state index in [0.29, 0.717) is 42.8 Å². The Kier molecular flexibility index (Phi) is 9.07. The Labute approximate surface area is 170 Å². The molecule has 148 valence electrons. The third kappa shape index (κ3) is 7.50. The number of benzene rings is 1. The summed E-state index contributed by atoms with van der Waals surface area (Å²) < 4.78 is 4.95. The summed E-state index contributed by atoms with van der Waals surface area (Å²) in [5.41, 5.74) is 0.754. The first-order valence-corrected chi connectivity index (χ1v) is 9.76. The summed E-state index contributed by atoms with van der Waals surface area (Å²) in [5.74, 6) is -0.0118. The topological polar surface area (TPSA) is 63.1 Å². The van der Waals surface area contributed by atoms with Crippen molar-refractivity contribution in [2.75, 3.05) is 53.0 Å². The highest BCUT2D eigenvalue weighted by Gasteiger charge is 2.24. The molecule has 1 aromatic rings. The second-order valence-electron chi connectivity index (χ2n) is 6.45. The van der Waals surface area contributed by atoms with Crippen LogP contribution in [0.1, 0.15) is 12.0 Å². The van der Waals surface area contributed by atoms with Gasteiger partial charge < -0.3 is 19.9 Å². The molecule has 2 N–H and O–H groups in total. The van der Waals surface area contributed by atoms with E-state index in [0.717, 1.165) is 25.1 Å². The second-order valence-corrected chi connectivity index (χ2v) is 7.29. The lowest BCUT2D eigenvalue weighted by Crippen LogP contribution is -3.15. The molecule has 0 spiro atoms. The molecule has 0 aliphatic carbocycles. The number of methoxy groups -OCH3 is 1. The van der Waals surface area contributed by atoms with Crippen LogP contribution in [-0.4, -0.2) is 69.7 Å². The largest absolute Gasteiger partial charge is 0.385 e. The number of amides is 2. The normalized spacial score (nSPS) is 15.3. The molecule has 1 aromatic carbocycles. The molecule has 2 amide bonds. The van der Waals surface area contributed by atoms with Gasteiger partial charge >= 0.3 is 0 Å². The zero-order chi connectivity index (χ0) is 19.6. The number of ether oxygens (including phenoxy) is 1. The van der Waals surface area contributed by atoms with Crippen molar-refractivity contribution in [1.82, 2.24) is 10.2 Å². The minimum absolute atomic E-state index is 0.0400. The highest BCUT2D eigenvalue weighted by atomic mass is 35.5. The molecule has 1 aliphatic heterocycles. The van der Waals surface area contributed by atoms with Crippen LogP contribution in [-0.2, 0) is 14.3 Å². The van der Waals surface area contributed by atoms with Crippen molar-refractivity contribution in [2.45, 2.75) is 6.42 Å². The molecule has 0 radical (unpaired) electrons. The Morgan fingerprint density at radius 2 is 2.04 bits per heavy atom. The van der Waals surface area contributed by atoms with Crippen molar-refractivity contribution >= 4 is 41.1 Å². The van der Waals surface area contributed by atoms with E-state index in [1.807, 2.05) is 0 Å². The lowest BCUT2D eigenvalue weighted by Gasteiger charge is -2.31. The number of quaternary nitrogens is 1. The molecule has 1 aliphatic rings. The molecule has 0 aromatic heterocycles. The fourth-order valence-electron chi connectivity index (χ4n) is 2.86. The first-order chi connectivity index (χ1) is 13.0. The van der Waals surface area contributed by atoms with E-state index in [4.69, 9.17) is 27.9 Å². The fraction of sp³-hybridized carbons (Fsp3) is 0.474. The van der Waals surface area contributed by atoms with E-state index in [2.05, 4.69) is 5.32 Å². The monoisotopic (exact) mass is 414 g/mol. The lowest BCUT2D eigenvalue weighted by molar-refractivity contribution is -0.896. The van der Waals surface area contributed by atoms with Gasteiger partial charge in [-0.15, -0.1) is 0 Å². The second kappa shape index (κ2) is 11.3. The lowest BCUT2D eigenvalue weighted by atomic mass is 10.2. The van der Waals surface area contributed by atoms with Crippen molar-refractivity contribution in [1.29, 1.82) is 0 Å². The van der Waals surface area contributed by atoms with Gasteiger partial charge in [0.2, 0.25) is 5.91 Å². The van der Waals surface area contributed by atoms with E-state index < -0.39 is 0 Å². The van der Waals surface area contributed by atoms with Crippen molar-refractivity contribution in [3.63, 3.8) is 0 Å². The average Bonchev–Trinajstić information content (AvgIpc) is 2.65. The van der Waals surface area contributed by atoms with Crippen LogP contribution in [0.15, 0.2) is 24.3 Å². The van der Waals surface area contributed by atoms with Crippen molar-refractivity contribution in [3.05, 3.63) is 39.9 Å². The summed E-state index contributed by atoms with van der Waals surface area (Å²) in [6, 6.07) is 5.16. The van der Waals surface area contributed by atoms with E-state index in [1.165, 1.54) is 11.0 Å². The van der Waals surface area contributed by atoms with Gasteiger partial charge in [-0.3, -0.25) is 9.59 Å². The van der Waals surface area contributed by atoms with E-state index >= 15 is 0 Å². The number of piperazine rings is 1. The molecule has 0 atom stereocenters. The van der Waals surface area contributed by atoms with Crippen LogP contribution < -0.4 is 10.2 Å². The Balaban J connectivity index is 1.73. The molecule has 1 saturated heterocycles. The van der Waals surface area contributed by atoms with Crippen LogP contribution in [0.3, 0.4) is 0 Å². The van der Waals surface area contributed by atoms with Crippen LogP contribution >= 0.6 is 23.2 Å². The third-order valence-corrected chi connectivity index (χ3v) is 4.97. The summed E-state index contributed by atoms with van der Waals surface area (Å²) in [6.45, 7) is 4.48. The van der Waals surface area contributed by atoms with Gasteiger partial charge in [0, 0.05) is 36.4 Å². The molecule has 8 heteroatoms. The maximum atomic E-state index is 12.4. The van der Waals surface area contributed by atoms with Gasteiger partial charge in [0.05, 0.1) is 26.2 Å². The predicted octanol–water partition coefficient (Wildman–Crippen LogP) is 0.886. The minimum atomic E-state index is -0.0518. The van der Waals surface area contributed by atoms with Gasteiger partial charge in [-0.05, 0) is 30.2 Å². The zero-order valence-electron chi connectivity index (χ0n) is 15.5. The molecular formula is C19H26Cl2N3O3+. The fourth-order valence-corrected chi connectivity index (χ4v) is 3.33. The van der Waals surface area contributed by atoms with E-state index in [-0.39, 0.29) is 11.8 Å². The first kappa shape index (κ1) is 21.7. The third-order valence-electron chi connectivity index (χ3n) is 4.41. The Hall–Kier alpha value is -1.60. The predicted molar refractivity (Wildman–Crippen MR) is 107 cm³/mol. The summed E-state index contributed by atoms with van der Waals surface area (Å²) in [5, 5.41) is 3.96. The first-order valence-electron chi connectivity index (χ1n) is 9.01. The molecule has 6 nitrogen and oxygen atoms in total.